The third-order valence-corrected chi connectivity index (χ3v) is 3.57. The highest BCUT2D eigenvalue weighted by atomic mass is 35.5. The minimum Gasteiger partial charge on any atom is -0.496 e. The molecule has 0 radical (unpaired) electrons. The monoisotopic (exact) mass is 291 g/mol. The van der Waals surface area contributed by atoms with Crippen molar-refractivity contribution >= 4 is 11.6 Å². The average Bonchev–Trinajstić information content (AvgIpc) is 2.47. The van der Waals surface area contributed by atoms with E-state index in [1.807, 2.05) is 37.3 Å². The van der Waals surface area contributed by atoms with Crippen molar-refractivity contribution in [3.8, 4) is 11.5 Å². The lowest BCUT2D eigenvalue weighted by molar-refractivity contribution is 0.406. The molecule has 1 atom stereocenters. The third kappa shape index (κ3) is 2.89. The van der Waals surface area contributed by atoms with Crippen molar-refractivity contribution in [1.29, 1.82) is 0 Å². The lowest BCUT2D eigenvalue weighted by atomic mass is 9.97. The molecule has 0 heterocycles. The molecular formula is C16H18ClNO2. The normalized spacial score (nSPS) is 12.1. The van der Waals surface area contributed by atoms with Crippen LogP contribution in [0.5, 0.6) is 11.5 Å². The lowest BCUT2D eigenvalue weighted by Crippen LogP contribution is -2.13. The van der Waals surface area contributed by atoms with Gasteiger partial charge in [0.05, 0.1) is 25.3 Å². The molecule has 0 aliphatic heterocycles. The molecule has 4 heteroatoms. The summed E-state index contributed by atoms with van der Waals surface area (Å²) in [6, 6.07) is 11.2. The summed E-state index contributed by atoms with van der Waals surface area (Å²) in [6.07, 6.45) is 0. The molecule has 0 fully saturated rings. The fraction of sp³-hybridized carbons (Fsp3) is 0.250. The van der Waals surface area contributed by atoms with Crippen molar-refractivity contribution in [2.45, 2.75) is 13.0 Å². The zero-order valence-electron chi connectivity index (χ0n) is 11.8. The fourth-order valence-electron chi connectivity index (χ4n) is 2.15. The van der Waals surface area contributed by atoms with Gasteiger partial charge < -0.3 is 15.2 Å². The highest BCUT2D eigenvalue weighted by Gasteiger charge is 2.16. The van der Waals surface area contributed by atoms with Crippen molar-refractivity contribution in [2.75, 3.05) is 14.2 Å². The van der Waals surface area contributed by atoms with E-state index in [2.05, 4.69) is 0 Å². The van der Waals surface area contributed by atoms with Gasteiger partial charge in [0.2, 0.25) is 0 Å². The summed E-state index contributed by atoms with van der Waals surface area (Å²) in [5.74, 6) is 1.39. The van der Waals surface area contributed by atoms with Crippen LogP contribution in [0.2, 0.25) is 5.02 Å². The number of benzene rings is 2. The first-order valence-corrected chi connectivity index (χ1v) is 6.68. The van der Waals surface area contributed by atoms with Gasteiger partial charge in [-0.1, -0.05) is 35.4 Å². The maximum absolute atomic E-state index is 6.36. The van der Waals surface area contributed by atoms with Crippen LogP contribution in [0.1, 0.15) is 22.7 Å². The van der Waals surface area contributed by atoms with Crippen molar-refractivity contribution in [2.24, 2.45) is 5.73 Å². The number of aryl methyl sites for hydroxylation is 1. The van der Waals surface area contributed by atoms with E-state index in [0.717, 1.165) is 22.4 Å². The predicted molar refractivity (Wildman–Crippen MR) is 81.8 cm³/mol. The van der Waals surface area contributed by atoms with E-state index in [1.165, 1.54) is 0 Å². The van der Waals surface area contributed by atoms with Crippen molar-refractivity contribution in [1.82, 2.24) is 0 Å². The van der Waals surface area contributed by atoms with Crippen LogP contribution < -0.4 is 15.2 Å². The molecule has 1 unspecified atom stereocenters. The summed E-state index contributed by atoms with van der Waals surface area (Å²) in [7, 11) is 3.23. The van der Waals surface area contributed by atoms with Crippen molar-refractivity contribution in [3.05, 3.63) is 58.1 Å². The summed E-state index contributed by atoms with van der Waals surface area (Å²) in [6.45, 7) is 2.03. The van der Waals surface area contributed by atoms with Crippen LogP contribution in [0.3, 0.4) is 0 Å². The maximum Gasteiger partial charge on any atom is 0.137 e. The molecule has 2 rings (SSSR count). The number of ether oxygens (including phenoxy) is 2. The minimum atomic E-state index is -0.295. The molecular weight excluding hydrogens is 274 g/mol. The Balaban J connectivity index is 2.45. The summed E-state index contributed by atoms with van der Waals surface area (Å²) in [5.41, 5.74) is 9.36. The SMILES string of the molecule is COc1cc(C(N)c2cc(C)ccc2OC)ccc1Cl. The number of hydrogen-bond donors (Lipinski definition) is 1. The second-order valence-electron chi connectivity index (χ2n) is 4.62. The van der Waals surface area contributed by atoms with Gasteiger partial charge in [0.1, 0.15) is 11.5 Å². The smallest absolute Gasteiger partial charge is 0.137 e. The molecule has 0 saturated carbocycles. The number of nitrogens with two attached hydrogens (primary N) is 1. The van der Waals surface area contributed by atoms with Gasteiger partial charge in [-0.2, -0.15) is 0 Å². The van der Waals surface area contributed by atoms with E-state index in [4.69, 9.17) is 26.8 Å². The highest BCUT2D eigenvalue weighted by Crippen LogP contribution is 2.33. The molecule has 2 N–H and O–H groups in total. The first kappa shape index (κ1) is 14.7. The lowest BCUT2D eigenvalue weighted by Gasteiger charge is -2.18. The van der Waals surface area contributed by atoms with E-state index in [-0.39, 0.29) is 6.04 Å². The van der Waals surface area contributed by atoms with Crippen LogP contribution in [0, 0.1) is 6.92 Å². The molecule has 0 amide bonds. The maximum atomic E-state index is 6.36. The Hall–Kier alpha value is -1.71. The second kappa shape index (κ2) is 6.16. The molecule has 2 aromatic rings. The number of hydrogen-bond acceptors (Lipinski definition) is 3. The third-order valence-electron chi connectivity index (χ3n) is 3.25. The largest absolute Gasteiger partial charge is 0.496 e. The Labute approximate surface area is 124 Å². The second-order valence-corrected chi connectivity index (χ2v) is 5.02. The minimum absolute atomic E-state index is 0.295. The average molecular weight is 292 g/mol. The molecule has 106 valence electrons. The fourth-order valence-corrected chi connectivity index (χ4v) is 2.34. The van der Waals surface area contributed by atoms with E-state index >= 15 is 0 Å². The summed E-state index contributed by atoms with van der Waals surface area (Å²) >= 11 is 6.04. The molecule has 0 saturated heterocycles. The van der Waals surface area contributed by atoms with E-state index < -0.39 is 0 Å². The molecule has 0 aliphatic rings. The highest BCUT2D eigenvalue weighted by molar-refractivity contribution is 6.32. The van der Waals surface area contributed by atoms with Gasteiger partial charge in [-0.3, -0.25) is 0 Å². The Kier molecular flexibility index (Phi) is 4.53. The van der Waals surface area contributed by atoms with Crippen molar-refractivity contribution in [3.63, 3.8) is 0 Å². The first-order valence-electron chi connectivity index (χ1n) is 6.30. The zero-order valence-corrected chi connectivity index (χ0v) is 12.6. The van der Waals surface area contributed by atoms with Crippen LogP contribution in [-0.2, 0) is 0 Å². The van der Waals surface area contributed by atoms with Gasteiger partial charge in [0.25, 0.3) is 0 Å². The zero-order chi connectivity index (χ0) is 14.7. The quantitative estimate of drug-likeness (QED) is 0.934. The molecule has 20 heavy (non-hydrogen) atoms. The van der Waals surface area contributed by atoms with Gasteiger partial charge in [-0.05, 0) is 30.7 Å². The van der Waals surface area contributed by atoms with Gasteiger partial charge >= 0.3 is 0 Å². The molecule has 2 aromatic carbocycles. The first-order chi connectivity index (χ1) is 9.56. The van der Waals surface area contributed by atoms with Crippen LogP contribution in [-0.4, -0.2) is 14.2 Å². The molecule has 0 bridgehead atoms. The van der Waals surface area contributed by atoms with Gasteiger partial charge in [-0.15, -0.1) is 0 Å². The van der Waals surface area contributed by atoms with E-state index in [1.54, 1.807) is 20.3 Å². The number of methoxy groups -OCH3 is 2. The van der Waals surface area contributed by atoms with Crippen LogP contribution in [0.15, 0.2) is 36.4 Å². The topological polar surface area (TPSA) is 44.5 Å². The molecule has 0 spiro atoms. The van der Waals surface area contributed by atoms with E-state index in [9.17, 15) is 0 Å². The Morgan fingerprint density at radius 3 is 2.35 bits per heavy atom. The number of rotatable bonds is 4. The van der Waals surface area contributed by atoms with Gasteiger partial charge in [0.15, 0.2) is 0 Å². The van der Waals surface area contributed by atoms with Crippen LogP contribution >= 0.6 is 11.6 Å². The molecule has 0 aliphatic carbocycles. The summed E-state index contributed by atoms with van der Waals surface area (Å²) in [4.78, 5) is 0. The Morgan fingerprint density at radius 1 is 1.00 bits per heavy atom. The standard InChI is InChI=1S/C16H18ClNO2/c1-10-4-7-14(19-2)12(8-10)16(18)11-5-6-13(17)15(9-11)20-3/h4-9,16H,18H2,1-3H3. The van der Waals surface area contributed by atoms with Crippen molar-refractivity contribution < 1.29 is 9.47 Å². The van der Waals surface area contributed by atoms with Gasteiger partial charge in [-0.25, -0.2) is 0 Å². The summed E-state index contributed by atoms with van der Waals surface area (Å²) in [5, 5.41) is 0.569. The van der Waals surface area contributed by atoms with Gasteiger partial charge in [0, 0.05) is 5.56 Å². The number of halogens is 1. The van der Waals surface area contributed by atoms with Crippen LogP contribution in [0.4, 0.5) is 0 Å². The Morgan fingerprint density at radius 2 is 1.70 bits per heavy atom. The molecule has 0 aromatic heterocycles. The van der Waals surface area contributed by atoms with E-state index in [0.29, 0.717) is 10.8 Å². The molecule has 3 nitrogen and oxygen atoms in total. The van der Waals surface area contributed by atoms with Crippen LogP contribution in [0.25, 0.3) is 0 Å². The Bertz CT molecular complexity index is 613. The predicted octanol–water partition coefficient (Wildman–Crippen LogP) is 3.71. The summed E-state index contributed by atoms with van der Waals surface area (Å²) < 4.78 is 10.6.